The van der Waals surface area contributed by atoms with E-state index in [1.165, 1.54) is 12.1 Å². The summed E-state index contributed by atoms with van der Waals surface area (Å²) in [7, 11) is 0. The number of phenols is 1. The standard InChI is InChI=1S/C13H10BrNO2/c14-10-3-1-2-9(8-10)13(17)15-11-4-6-12(16)7-5-11/h1-8,16H,(H,15,17). The lowest BCUT2D eigenvalue weighted by Crippen LogP contribution is -2.11. The van der Waals surface area contributed by atoms with Crippen LogP contribution in [0.5, 0.6) is 5.75 Å². The summed E-state index contributed by atoms with van der Waals surface area (Å²) in [5.74, 6) is -0.0116. The molecular formula is C13H10BrNO2. The van der Waals surface area contributed by atoms with Gasteiger partial charge in [0.25, 0.3) is 5.91 Å². The Morgan fingerprint density at radius 2 is 1.82 bits per heavy atom. The maximum atomic E-state index is 11.9. The van der Waals surface area contributed by atoms with Crippen molar-refractivity contribution in [3.05, 3.63) is 58.6 Å². The smallest absolute Gasteiger partial charge is 0.255 e. The van der Waals surface area contributed by atoms with E-state index in [0.717, 1.165) is 4.47 Å². The lowest BCUT2D eigenvalue weighted by atomic mass is 10.2. The third-order valence-electron chi connectivity index (χ3n) is 2.21. The summed E-state index contributed by atoms with van der Waals surface area (Å²) in [6, 6.07) is 13.5. The predicted molar refractivity (Wildman–Crippen MR) is 70.2 cm³/mol. The minimum atomic E-state index is -0.183. The first-order chi connectivity index (χ1) is 8.15. The summed E-state index contributed by atoms with van der Waals surface area (Å²) < 4.78 is 0.857. The van der Waals surface area contributed by atoms with Gasteiger partial charge in [-0.25, -0.2) is 0 Å². The second kappa shape index (κ2) is 5.01. The maximum Gasteiger partial charge on any atom is 0.255 e. The van der Waals surface area contributed by atoms with Gasteiger partial charge in [0.05, 0.1) is 0 Å². The van der Waals surface area contributed by atoms with Crippen LogP contribution in [-0.4, -0.2) is 11.0 Å². The van der Waals surface area contributed by atoms with Gasteiger partial charge >= 0.3 is 0 Å². The normalized spacial score (nSPS) is 9.94. The molecule has 1 amide bonds. The monoisotopic (exact) mass is 291 g/mol. The number of amides is 1. The van der Waals surface area contributed by atoms with Gasteiger partial charge < -0.3 is 10.4 Å². The Hall–Kier alpha value is -1.81. The molecule has 86 valence electrons. The molecule has 0 atom stereocenters. The van der Waals surface area contributed by atoms with Crippen LogP contribution in [0, 0.1) is 0 Å². The van der Waals surface area contributed by atoms with Crippen molar-refractivity contribution < 1.29 is 9.90 Å². The van der Waals surface area contributed by atoms with Crippen molar-refractivity contribution in [1.82, 2.24) is 0 Å². The van der Waals surface area contributed by atoms with Crippen LogP contribution in [0.3, 0.4) is 0 Å². The lowest BCUT2D eigenvalue weighted by molar-refractivity contribution is 0.102. The molecule has 0 saturated carbocycles. The second-order valence-electron chi connectivity index (χ2n) is 3.51. The largest absolute Gasteiger partial charge is 0.508 e. The highest BCUT2D eigenvalue weighted by Gasteiger charge is 2.05. The summed E-state index contributed by atoms with van der Waals surface area (Å²) in [5, 5.41) is 11.9. The number of phenolic OH excluding ortho intramolecular Hbond substituents is 1. The molecule has 0 saturated heterocycles. The minimum absolute atomic E-state index is 0.172. The molecular weight excluding hydrogens is 282 g/mol. The van der Waals surface area contributed by atoms with E-state index in [0.29, 0.717) is 11.3 Å². The van der Waals surface area contributed by atoms with Crippen molar-refractivity contribution in [3.63, 3.8) is 0 Å². The third-order valence-corrected chi connectivity index (χ3v) is 2.71. The van der Waals surface area contributed by atoms with Crippen molar-refractivity contribution in [2.75, 3.05) is 5.32 Å². The first-order valence-electron chi connectivity index (χ1n) is 5.01. The SMILES string of the molecule is O=C(Nc1ccc(O)cc1)c1cccc(Br)c1. The van der Waals surface area contributed by atoms with E-state index in [1.807, 2.05) is 6.07 Å². The summed E-state index contributed by atoms with van der Waals surface area (Å²) in [4.78, 5) is 11.9. The first kappa shape index (κ1) is 11.7. The molecule has 0 fully saturated rings. The molecule has 17 heavy (non-hydrogen) atoms. The number of carbonyl (C=O) groups is 1. The minimum Gasteiger partial charge on any atom is -0.508 e. The molecule has 2 rings (SSSR count). The molecule has 0 aliphatic rings. The molecule has 0 bridgehead atoms. The summed E-state index contributed by atoms with van der Waals surface area (Å²) in [6.45, 7) is 0. The van der Waals surface area contributed by atoms with Crippen LogP contribution < -0.4 is 5.32 Å². The molecule has 0 aliphatic heterocycles. The van der Waals surface area contributed by atoms with Crippen molar-refractivity contribution in [2.24, 2.45) is 0 Å². The average Bonchev–Trinajstić information content (AvgIpc) is 2.32. The molecule has 0 aromatic heterocycles. The number of hydrogen-bond donors (Lipinski definition) is 2. The Bertz CT molecular complexity index is 537. The number of rotatable bonds is 2. The predicted octanol–water partition coefficient (Wildman–Crippen LogP) is 3.41. The zero-order chi connectivity index (χ0) is 12.3. The van der Waals surface area contributed by atoms with E-state index in [2.05, 4.69) is 21.2 Å². The molecule has 0 aliphatic carbocycles. The van der Waals surface area contributed by atoms with Gasteiger partial charge in [0.1, 0.15) is 5.75 Å². The van der Waals surface area contributed by atoms with E-state index in [9.17, 15) is 4.79 Å². The fraction of sp³-hybridized carbons (Fsp3) is 0. The molecule has 2 aromatic rings. The highest BCUT2D eigenvalue weighted by atomic mass is 79.9. The highest BCUT2D eigenvalue weighted by Crippen LogP contribution is 2.16. The van der Waals surface area contributed by atoms with Crippen LogP contribution in [0.1, 0.15) is 10.4 Å². The van der Waals surface area contributed by atoms with Gasteiger partial charge in [-0.1, -0.05) is 22.0 Å². The Kier molecular flexibility index (Phi) is 3.44. The van der Waals surface area contributed by atoms with Crippen LogP contribution in [-0.2, 0) is 0 Å². The van der Waals surface area contributed by atoms with Crippen LogP contribution in [0.15, 0.2) is 53.0 Å². The van der Waals surface area contributed by atoms with E-state index in [4.69, 9.17) is 5.11 Å². The Balaban J connectivity index is 2.14. The summed E-state index contributed by atoms with van der Waals surface area (Å²) >= 11 is 3.31. The fourth-order valence-corrected chi connectivity index (χ4v) is 1.78. The number of hydrogen-bond acceptors (Lipinski definition) is 2. The van der Waals surface area contributed by atoms with Crippen LogP contribution in [0.2, 0.25) is 0 Å². The van der Waals surface area contributed by atoms with Gasteiger partial charge in [0, 0.05) is 15.7 Å². The van der Waals surface area contributed by atoms with Crippen molar-refractivity contribution >= 4 is 27.5 Å². The third kappa shape index (κ3) is 3.07. The Labute approximate surface area is 107 Å². The van der Waals surface area contributed by atoms with E-state index < -0.39 is 0 Å². The van der Waals surface area contributed by atoms with E-state index in [-0.39, 0.29) is 11.7 Å². The molecule has 0 spiro atoms. The average molecular weight is 292 g/mol. The van der Waals surface area contributed by atoms with Gasteiger partial charge in [0.15, 0.2) is 0 Å². The Morgan fingerprint density at radius 3 is 2.47 bits per heavy atom. The van der Waals surface area contributed by atoms with Gasteiger partial charge in [-0.3, -0.25) is 4.79 Å². The summed E-state index contributed by atoms with van der Waals surface area (Å²) in [6.07, 6.45) is 0. The quantitative estimate of drug-likeness (QED) is 0.833. The number of benzene rings is 2. The number of aromatic hydroxyl groups is 1. The van der Waals surface area contributed by atoms with Crippen molar-refractivity contribution in [1.29, 1.82) is 0 Å². The first-order valence-corrected chi connectivity index (χ1v) is 5.80. The van der Waals surface area contributed by atoms with Gasteiger partial charge in [0.2, 0.25) is 0 Å². The zero-order valence-electron chi connectivity index (χ0n) is 8.85. The van der Waals surface area contributed by atoms with E-state index in [1.54, 1.807) is 30.3 Å². The van der Waals surface area contributed by atoms with Crippen molar-refractivity contribution in [2.45, 2.75) is 0 Å². The van der Waals surface area contributed by atoms with Gasteiger partial charge in [-0.15, -0.1) is 0 Å². The number of halogens is 1. The second-order valence-corrected chi connectivity index (χ2v) is 4.43. The highest BCUT2D eigenvalue weighted by molar-refractivity contribution is 9.10. The zero-order valence-corrected chi connectivity index (χ0v) is 10.4. The lowest BCUT2D eigenvalue weighted by Gasteiger charge is -2.05. The number of carbonyl (C=O) groups excluding carboxylic acids is 1. The number of nitrogens with one attached hydrogen (secondary N) is 1. The van der Waals surface area contributed by atoms with Crippen LogP contribution in [0.4, 0.5) is 5.69 Å². The molecule has 4 heteroatoms. The van der Waals surface area contributed by atoms with Gasteiger partial charge in [-0.05, 0) is 42.5 Å². The molecule has 3 nitrogen and oxygen atoms in total. The van der Waals surface area contributed by atoms with Crippen LogP contribution in [0.25, 0.3) is 0 Å². The van der Waals surface area contributed by atoms with Crippen molar-refractivity contribution in [3.8, 4) is 5.75 Å². The molecule has 2 aromatic carbocycles. The van der Waals surface area contributed by atoms with E-state index >= 15 is 0 Å². The van der Waals surface area contributed by atoms with Gasteiger partial charge in [-0.2, -0.15) is 0 Å². The molecule has 0 unspecified atom stereocenters. The molecule has 2 N–H and O–H groups in total. The number of anilines is 1. The van der Waals surface area contributed by atoms with Crippen LogP contribution >= 0.6 is 15.9 Å². The topological polar surface area (TPSA) is 49.3 Å². The molecule has 0 heterocycles. The summed E-state index contributed by atoms with van der Waals surface area (Å²) in [5.41, 5.74) is 1.22. The fourth-order valence-electron chi connectivity index (χ4n) is 1.38. The molecule has 0 radical (unpaired) electrons. The maximum absolute atomic E-state index is 11.9. The Morgan fingerprint density at radius 1 is 1.12 bits per heavy atom.